The van der Waals surface area contributed by atoms with Crippen LogP contribution in [0.3, 0.4) is 0 Å². The van der Waals surface area contributed by atoms with Gasteiger partial charge in [-0.05, 0) is 30.5 Å². The summed E-state index contributed by atoms with van der Waals surface area (Å²) in [5, 5.41) is -0.0223. The van der Waals surface area contributed by atoms with Gasteiger partial charge in [0, 0.05) is 30.3 Å². The number of Topliss-reactive ketones (excluding diaryl/α,β-unsaturated/α-hetero) is 1. The van der Waals surface area contributed by atoms with Gasteiger partial charge in [-0.1, -0.05) is 66.4 Å². The molecule has 1 saturated heterocycles. The number of methoxy groups -OCH3 is 1. The Hall–Kier alpha value is -1.85. The second-order valence-electron chi connectivity index (χ2n) is 6.34. The molecule has 0 radical (unpaired) electrons. The molecule has 1 aliphatic rings. The molecule has 1 unspecified atom stereocenters. The van der Waals surface area contributed by atoms with Crippen molar-refractivity contribution in [2.24, 2.45) is 0 Å². The molecule has 0 aliphatic carbocycles. The van der Waals surface area contributed by atoms with E-state index in [2.05, 4.69) is 4.90 Å². The molecule has 1 heterocycles. The SMILES string of the molecule is COc1cccc(C(CC(=O)c2ccccc2)SC(=S)N2CCCC2)c1. The number of carbonyl (C=O) groups excluding carboxylic acids is 1. The molecule has 0 bridgehead atoms. The summed E-state index contributed by atoms with van der Waals surface area (Å²) in [6.07, 6.45) is 2.79. The predicted molar refractivity (Wildman–Crippen MR) is 112 cm³/mol. The van der Waals surface area contributed by atoms with E-state index in [1.165, 1.54) is 12.8 Å². The minimum absolute atomic E-state index is 0.0223. The van der Waals surface area contributed by atoms with Gasteiger partial charge >= 0.3 is 0 Å². The molecule has 5 heteroatoms. The number of carbonyl (C=O) groups is 1. The maximum Gasteiger partial charge on any atom is 0.164 e. The lowest BCUT2D eigenvalue weighted by Gasteiger charge is -2.23. The van der Waals surface area contributed by atoms with Crippen LogP contribution in [0.1, 0.15) is 40.4 Å². The molecule has 1 aliphatic heterocycles. The number of nitrogens with zero attached hydrogens (tertiary/aromatic N) is 1. The van der Waals surface area contributed by atoms with Gasteiger partial charge in [-0.25, -0.2) is 0 Å². The van der Waals surface area contributed by atoms with Gasteiger partial charge in [0.15, 0.2) is 5.78 Å². The Labute approximate surface area is 164 Å². The molecule has 2 aromatic rings. The third kappa shape index (κ3) is 4.86. The van der Waals surface area contributed by atoms with Crippen molar-refractivity contribution in [3.8, 4) is 5.75 Å². The van der Waals surface area contributed by atoms with Crippen molar-refractivity contribution in [2.75, 3.05) is 20.2 Å². The Morgan fingerprint density at radius 2 is 1.88 bits per heavy atom. The highest BCUT2D eigenvalue weighted by atomic mass is 32.2. The second kappa shape index (κ2) is 9.19. The van der Waals surface area contributed by atoms with E-state index in [0.29, 0.717) is 6.42 Å². The van der Waals surface area contributed by atoms with Crippen LogP contribution in [0.2, 0.25) is 0 Å². The fraction of sp³-hybridized carbons (Fsp3) is 0.333. The van der Waals surface area contributed by atoms with Crippen molar-refractivity contribution in [3.63, 3.8) is 0 Å². The molecule has 136 valence electrons. The van der Waals surface area contributed by atoms with Crippen LogP contribution in [0.5, 0.6) is 5.75 Å². The number of thiocarbonyl (C=S) groups is 1. The first-order valence-corrected chi connectivity index (χ1v) is 10.1. The molecule has 1 atom stereocenters. The lowest BCUT2D eigenvalue weighted by atomic mass is 10.0. The topological polar surface area (TPSA) is 29.5 Å². The molecule has 26 heavy (non-hydrogen) atoms. The smallest absolute Gasteiger partial charge is 0.164 e. The van der Waals surface area contributed by atoms with E-state index in [1.54, 1.807) is 18.9 Å². The summed E-state index contributed by atoms with van der Waals surface area (Å²) < 4.78 is 6.25. The molecule has 0 aromatic heterocycles. The summed E-state index contributed by atoms with van der Waals surface area (Å²) in [6, 6.07) is 17.4. The van der Waals surface area contributed by atoms with Crippen LogP contribution in [0.15, 0.2) is 54.6 Å². The van der Waals surface area contributed by atoms with Crippen LogP contribution >= 0.6 is 24.0 Å². The molecule has 0 spiro atoms. The van der Waals surface area contributed by atoms with Crippen molar-refractivity contribution >= 4 is 34.1 Å². The Bertz CT molecular complexity index is 758. The average Bonchev–Trinajstić information content (AvgIpc) is 3.23. The lowest BCUT2D eigenvalue weighted by molar-refractivity contribution is 0.0982. The lowest BCUT2D eigenvalue weighted by Crippen LogP contribution is -2.24. The number of hydrogen-bond acceptors (Lipinski definition) is 4. The molecule has 3 nitrogen and oxygen atoms in total. The van der Waals surface area contributed by atoms with Gasteiger partial charge in [-0.15, -0.1) is 0 Å². The first-order valence-electron chi connectivity index (χ1n) is 8.85. The fourth-order valence-electron chi connectivity index (χ4n) is 3.08. The number of rotatable bonds is 6. The van der Waals surface area contributed by atoms with Crippen LogP contribution in [-0.2, 0) is 0 Å². The van der Waals surface area contributed by atoms with Gasteiger partial charge in [0.25, 0.3) is 0 Å². The van der Waals surface area contributed by atoms with Crippen molar-refractivity contribution < 1.29 is 9.53 Å². The summed E-state index contributed by atoms with van der Waals surface area (Å²) in [5.74, 6) is 0.933. The quantitative estimate of drug-likeness (QED) is 0.508. The van der Waals surface area contributed by atoms with Gasteiger partial charge in [0.05, 0.1) is 7.11 Å². The number of thioether (sulfide) groups is 1. The van der Waals surface area contributed by atoms with Crippen molar-refractivity contribution in [3.05, 3.63) is 65.7 Å². The number of likely N-dealkylation sites (tertiary alicyclic amines) is 1. The first kappa shape index (κ1) is 18.9. The number of hydrogen-bond donors (Lipinski definition) is 0. The maximum atomic E-state index is 12.8. The van der Waals surface area contributed by atoms with E-state index in [9.17, 15) is 4.79 Å². The summed E-state index contributed by atoms with van der Waals surface area (Å²) in [5.41, 5.74) is 1.81. The summed E-state index contributed by atoms with van der Waals surface area (Å²) in [4.78, 5) is 15.0. The summed E-state index contributed by atoms with van der Waals surface area (Å²) in [7, 11) is 1.66. The Balaban J connectivity index is 1.80. The van der Waals surface area contributed by atoms with E-state index < -0.39 is 0 Å². The zero-order chi connectivity index (χ0) is 18.4. The Morgan fingerprint density at radius 1 is 1.15 bits per heavy atom. The highest BCUT2D eigenvalue weighted by molar-refractivity contribution is 8.23. The molecule has 0 N–H and O–H groups in total. The van der Waals surface area contributed by atoms with E-state index in [4.69, 9.17) is 17.0 Å². The number of benzene rings is 2. The summed E-state index contributed by atoms with van der Waals surface area (Å²) in [6.45, 7) is 2.03. The van der Waals surface area contributed by atoms with Crippen molar-refractivity contribution in [2.45, 2.75) is 24.5 Å². The maximum absolute atomic E-state index is 12.8. The van der Waals surface area contributed by atoms with E-state index in [-0.39, 0.29) is 11.0 Å². The molecule has 0 amide bonds. The van der Waals surface area contributed by atoms with Gasteiger partial charge in [0.2, 0.25) is 0 Å². The molecular formula is C21H23NO2S2. The van der Waals surface area contributed by atoms with Gasteiger partial charge in [-0.2, -0.15) is 0 Å². The first-order chi connectivity index (χ1) is 12.7. The van der Waals surface area contributed by atoms with Crippen LogP contribution < -0.4 is 4.74 Å². The van der Waals surface area contributed by atoms with E-state index >= 15 is 0 Å². The monoisotopic (exact) mass is 385 g/mol. The second-order valence-corrected chi connectivity index (χ2v) is 8.17. The molecule has 1 fully saturated rings. The van der Waals surface area contributed by atoms with Crippen LogP contribution in [0.25, 0.3) is 0 Å². The third-order valence-corrected chi connectivity index (χ3v) is 6.27. The standard InChI is InChI=1S/C21H23NO2S2/c1-24-18-11-7-10-17(14-18)20(26-21(25)22-12-5-6-13-22)15-19(23)16-8-3-2-4-9-16/h2-4,7-11,14,20H,5-6,12-13,15H2,1H3. The normalized spacial score (nSPS) is 14.9. The van der Waals surface area contributed by atoms with Crippen LogP contribution in [-0.4, -0.2) is 35.2 Å². The van der Waals surface area contributed by atoms with Gasteiger partial charge < -0.3 is 9.64 Å². The minimum atomic E-state index is -0.0223. The highest BCUT2D eigenvalue weighted by Crippen LogP contribution is 2.37. The predicted octanol–water partition coefficient (Wildman–Crippen LogP) is 5.12. The number of ketones is 1. The molecular weight excluding hydrogens is 362 g/mol. The third-order valence-electron chi connectivity index (χ3n) is 4.54. The highest BCUT2D eigenvalue weighted by Gasteiger charge is 2.23. The van der Waals surface area contributed by atoms with Crippen molar-refractivity contribution in [1.29, 1.82) is 0 Å². The fourth-order valence-corrected chi connectivity index (χ4v) is 4.70. The van der Waals surface area contributed by atoms with Crippen LogP contribution in [0.4, 0.5) is 0 Å². The Kier molecular flexibility index (Phi) is 6.69. The average molecular weight is 386 g/mol. The zero-order valence-electron chi connectivity index (χ0n) is 14.9. The molecule has 0 saturated carbocycles. The molecule has 2 aromatic carbocycles. The minimum Gasteiger partial charge on any atom is -0.497 e. The summed E-state index contributed by atoms with van der Waals surface area (Å²) >= 11 is 7.29. The van der Waals surface area contributed by atoms with Gasteiger partial charge in [0.1, 0.15) is 10.1 Å². The van der Waals surface area contributed by atoms with Crippen LogP contribution in [0, 0.1) is 0 Å². The van der Waals surface area contributed by atoms with Crippen molar-refractivity contribution in [1.82, 2.24) is 4.90 Å². The Morgan fingerprint density at radius 3 is 2.58 bits per heavy atom. The number of ether oxygens (including phenoxy) is 1. The largest absolute Gasteiger partial charge is 0.497 e. The van der Waals surface area contributed by atoms with E-state index in [0.717, 1.165) is 34.3 Å². The van der Waals surface area contributed by atoms with E-state index in [1.807, 2.05) is 54.6 Å². The zero-order valence-corrected chi connectivity index (χ0v) is 16.5. The van der Waals surface area contributed by atoms with Gasteiger partial charge in [-0.3, -0.25) is 4.79 Å². The molecule has 3 rings (SSSR count).